The highest BCUT2D eigenvalue weighted by Crippen LogP contribution is 2.52. The number of halogens is 2. The zero-order valence-electron chi connectivity index (χ0n) is 17.0. The number of anilines is 1. The third-order valence-corrected chi connectivity index (χ3v) is 7.35. The quantitative estimate of drug-likeness (QED) is 0.735. The van der Waals surface area contributed by atoms with E-state index >= 15 is 0 Å². The minimum Gasteiger partial charge on any atom is -0.323 e. The Balaban J connectivity index is 1.38. The topological polar surface area (TPSA) is 63.1 Å². The Morgan fingerprint density at radius 3 is 2.80 bits per heavy atom. The molecule has 5 rings (SSSR count). The van der Waals surface area contributed by atoms with Crippen molar-refractivity contribution in [3.63, 3.8) is 0 Å². The Morgan fingerprint density at radius 2 is 2.07 bits per heavy atom. The number of rotatable bonds is 4. The maximum Gasteiger partial charge on any atom is 0.321 e. The smallest absolute Gasteiger partial charge is 0.321 e. The fraction of sp³-hybridized carbons (Fsp3) is 0.591. The lowest BCUT2D eigenvalue weighted by Crippen LogP contribution is -2.36. The van der Waals surface area contributed by atoms with Crippen LogP contribution in [0.2, 0.25) is 5.02 Å². The van der Waals surface area contributed by atoms with Gasteiger partial charge in [0.25, 0.3) is 0 Å². The maximum atomic E-state index is 13.4. The van der Waals surface area contributed by atoms with Gasteiger partial charge in [0.2, 0.25) is 0 Å². The molecule has 1 unspecified atom stereocenters. The molecule has 6 nitrogen and oxygen atoms in total. The molecule has 1 N–H and O–H groups in total. The first-order valence-electron chi connectivity index (χ1n) is 10.9. The molecule has 3 fully saturated rings. The number of nitrogens with zero attached hydrogens (tertiary/aromatic N) is 4. The highest BCUT2D eigenvalue weighted by molar-refractivity contribution is 6.31. The van der Waals surface area contributed by atoms with E-state index in [0.29, 0.717) is 18.8 Å². The first-order valence-corrected chi connectivity index (χ1v) is 11.3. The molecule has 1 saturated heterocycles. The predicted molar refractivity (Wildman–Crippen MR) is 113 cm³/mol. The van der Waals surface area contributed by atoms with Crippen molar-refractivity contribution in [1.29, 1.82) is 0 Å². The van der Waals surface area contributed by atoms with E-state index in [9.17, 15) is 9.18 Å². The Labute approximate surface area is 180 Å². The number of amides is 2. The molecule has 3 aliphatic rings. The molecule has 2 heterocycles. The molecule has 2 saturated carbocycles. The SMILES string of the molecule is O=C(Nc1ccc(F)c(Cl)c1)N1CC(c2nncn2CC2CC2)C2(CCCCC2)C1. The zero-order chi connectivity index (χ0) is 20.7. The number of likely N-dealkylation sites (tertiary alicyclic amines) is 1. The summed E-state index contributed by atoms with van der Waals surface area (Å²) in [6, 6.07) is 4.09. The van der Waals surface area contributed by atoms with Crippen LogP contribution in [0.1, 0.15) is 56.7 Å². The fourth-order valence-corrected chi connectivity index (χ4v) is 5.45. The van der Waals surface area contributed by atoms with Crippen LogP contribution >= 0.6 is 11.6 Å². The molecule has 8 heteroatoms. The number of aromatic nitrogens is 3. The van der Waals surface area contributed by atoms with Crippen molar-refractivity contribution in [3.05, 3.63) is 41.2 Å². The van der Waals surface area contributed by atoms with Gasteiger partial charge in [0.05, 0.1) is 5.02 Å². The maximum absolute atomic E-state index is 13.4. The number of urea groups is 1. The van der Waals surface area contributed by atoms with Crippen molar-refractivity contribution < 1.29 is 9.18 Å². The molecule has 2 aliphatic carbocycles. The molecule has 2 amide bonds. The zero-order valence-corrected chi connectivity index (χ0v) is 17.7. The first-order chi connectivity index (χ1) is 14.5. The molecule has 30 heavy (non-hydrogen) atoms. The molecule has 1 aromatic heterocycles. The van der Waals surface area contributed by atoms with Gasteiger partial charge in [-0.3, -0.25) is 0 Å². The fourth-order valence-electron chi connectivity index (χ4n) is 5.27. The summed E-state index contributed by atoms with van der Waals surface area (Å²) in [6.07, 6.45) is 10.3. The van der Waals surface area contributed by atoms with Crippen molar-refractivity contribution in [3.8, 4) is 0 Å². The van der Waals surface area contributed by atoms with Gasteiger partial charge in [-0.25, -0.2) is 9.18 Å². The first kappa shape index (κ1) is 19.8. The van der Waals surface area contributed by atoms with Gasteiger partial charge in [-0.2, -0.15) is 0 Å². The molecule has 0 bridgehead atoms. The predicted octanol–water partition coefficient (Wildman–Crippen LogP) is 5.06. The highest BCUT2D eigenvalue weighted by atomic mass is 35.5. The minimum atomic E-state index is -0.493. The average molecular weight is 432 g/mol. The van der Waals surface area contributed by atoms with Gasteiger partial charge < -0.3 is 14.8 Å². The van der Waals surface area contributed by atoms with E-state index in [1.165, 1.54) is 50.3 Å². The van der Waals surface area contributed by atoms with E-state index in [0.717, 1.165) is 31.1 Å². The van der Waals surface area contributed by atoms with Gasteiger partial charge in [0.1, 0.15) is 18.0 Å². The van der Waals surface area contributed by atoms with Crippen LogP contribution in [-0.4, -0.2) is 38.8 Å². The van der Waals surface area contributed by atoms with Crippen molar-refractivity contribution in [2.75, 3.05) is 18.4 Å². The lowest BCUT2D eigenvalue weighted by molar-refractivity contribution is 0.167. The van der Waals surface area contributed by atoms with Crippen LogP contribution in [0.25, 0.3) is 0 Å². The number of carbonyl (C=O) groups is 1. The molecule has 2 aromatic rings. The minimum absolute atomic E-state index is 0.00373. The monoisotopic (exact) mass is 431 g/mol. The molecule has 0 radical (unpaired) electrons. The van der Waals surface area contributed by atoms with Gasteiger partial charge >= 0.3 is 6.03 Å². The summed E-state index contributed by atoms with van der Waals surface area (Å²) in [5, 5.41) is 11.6. The molecular weight excluding hydrogens is 405 g/mol. The highest BCUT2D eigenvalue weighted by Gasteiger charge is 2.50. The largest absolute Gasteiger partial charge is 0.323 e. The second-order valence-corrected chi connectivity index (χ2v) is 9.61. The lowest BCUT2D eigenvalue weighted by atomic mass is 9.67. The van der Waals surface area contributed by atoms with E-state index in [4.69, 9.17) is 11.6 Å². The average Bonchev–Trinajstić information content (AvgIpc) is 3.32. The standard InChI is InChI=1S/C22H27ClFN5O/c23-18-10-16(6-7-19(18)24)26-21(30)28-12-17(22(13-28)8-2-1-3-9-22)20-27-25-14-29(20)11-15-4-5-15/h6-7,10,14-15,17H,1-5,8-9,11-13H2,(H,26,30). The summed E-state index contributed by atoms with van der Waals surface area (Å²) in [6.45, 7) is 2.33. The van der Waals surface area contributed by atoms with Gasteiger partial charge in [-0.05, 0) is 55.2 Å². The van der Waals surface area contributed by atoms with Gasteiger partial charge in [-0.1, -0.05) is 30.9 Å². The Morgan fingerprint density at radius 1 is 1.27 bits per heavy atom. The van der Waals surface area contributed by atoms with Crippen molar-refractivity contribution >= 4 is 23.3 Å². The van der Waals surface area contributed by atoms with E-state index in [1.54, 1.807) is 0 Å². The van der Waals surface area contributed by atoms with Crippen LogP contribution in [0.3, 0.4) is 0 Å². The van der Waals surface area contributed by atoms with Gasteiger partial charge in [-0.15, -0.1) is 10.2 Å². The molecule has 1 aliphatic heterocycles. The number of carbonyl (C=O) groups excluding carboxylic acids is 1. The van der Waals surface area contributed by atoms with E-state index < -0.39 is 5.82 Å². The Hall–Kier alpha value is -2.15. The van der Waals surface area contributed by atoms with Crippen molar-refractivity contribution in [2.24, 2.45) is 11.3 Å². The van der Waals surface area contributed by atoms with Gasteiger partial charge in [0, 0.05) is 31.2 Å². The third kappa shape index (κ3) is 3.80. The van der Waals surface area contributed by atoms with Gasteiger partial charge in [0.15, 0.2) is 0 Å². The Kier molecular flexibility index (Phi) is 5.17. The van der Waals surface area contributed by atoms with Crippen LogP contribution in [0.15, 0.2) is 24.5 Å². The summed E-state index contributed by atoms with van der Waals surface area (Å²) in [5.41, 5.74) is 0.564. The van der Waals surface area contributed by atoms with Crippen LogP contribution in [0.5, 0.6) is 0 Å². The molecule has 1 spiro atoms. The summed E-state index contributed by atoms with van der Waals surface area (Å²) in [4.78, 5) is 15.0. The number of hydrogen-bond donors (Lipinski definition) is 1. The van der Waals surface area contributed by atoms with E-state index in [-0.39, 0.29) is 22.4 Å². The molecular formula is C22H27ClFN5O. The Bertz CT molecular complexity index is 937. The normalized spacial score (nSPS) is 23.1. The van der Waals surface area contributed by atoms with Crippen LogP contribution in [-0.2, 0) is 6.54 Å². The molecule has 1 aromatic carbocycles. The second kappa shape index (κ2) is 7.84. The summed E-state index contributed by atoms with van der Waals surface area (Å²) in [7, 11) is 0. The lowest BCUT2D eigenvalue weighted by Gasteiger charge is -2.37. The second-order valence-electron chi connectivity index (χ2n) is 9.20. The van der Waals surface area contributed by atoms with Crippen molar-refractivity contribution in [2.45, 2.75) is 57.4 Å². The van der Waals surface area contributed by atoms with Crippen LogP contribution in [0, 0.1) is 17.2 Å². The van der Waals surface area contributed by atoms with E-state index in [2.05, 4.69) is 20.1 Å². The summed E-state index contributed by atoms with van der Waals surface area (Å²) < 4.78 is 15.7. The van der Waals surface area contributed by atoms with Crippen LogP contribution in [0.4, 0.5) is 14.9 Å². The summed E-state index contributed by atoms with van der Waals surface area (Å²) in [5.74, 6) is 1.48. The molecule has 160 valence electrons. The third-order valence-electron chi connectivity index (χ3n) is 7.06. The number of benzene rings is 1. The number of nitrogens with one attached hydrogen (secondary N) is 1. The van der Waals surface area contributed by atoms with Crippen LogP contribution < -0.4 is 5.32 Å². The number of hydrogen-bond acceptors (Lipinski definition) is 3. The van der Waals surface area contributed by atoms with E-state index in [1.807, 2.05) is 11.2 Å². The summed E-state index contributed by atoms with van der Waals surface area (Å²) >= 11 is 5.87. The molecule has 1 atom stereocenters. The van der Waals surface area contributed by atoms with Crippen molar-refractivity contribution in [1.82, 2.24) is 19.7 Å².